The first-order chi connectivity index (χ1) is 13.9. The van der Waals surface area contributed by atoms with Gasteiger partial charge in [-0.25, -0.2) is 9.79 Å². The summed E-state index contributed by atoms with van der Waals surface area (Å²) in [4.78, 5) is 28.4. The number of aliphatic hydroxyl groups excluding tert-OH is 1. The lowest BCUT2D eigenvalue weighted by atomic mass is 10.1. The van der Waals surface area contributed by atoms with Gasteiger partial charge in [0.05, 0.1) is 24.7 Å². The zero-order valence-corrected chi connectivity index (χ0v) is 17.8. The molecule has 29 heavy (non-hydrogen) atoms. The van der Waals surface area contributed by atoms with Gasteiger partial charge in [0.2, 0.25) is 5.91 Å². The highest BCUT2D eigenvalue weighted by Crippen LogP contribution is 2.40. The lowest BCUT2D eigenvalue weighted by molar-refractivity contribution is -0.138. The second kappa shape index (κ2) is 10.7. The molecule has 0 aromatic heterocycles. The first-order valence-corrected chi connectivity index (χ1v) is 10.3. The van der Waals surface area contributed by atoms with Gasteiger partial charge in [0.25, 0.3) is 0 Å². The number of benzene rings is 1. The normalized spacial score (nSPS) is 16.4. The molecule has 1 heterocycles. The number of aliphatic imine (C=N–C) groups is 1. The monoisotopic (exact) mass is 419 g/mol. The smallest absolute Gasteiger partial charge is 0.344 e. The van der Waals surface area contributed by atoms with E-state index in [1.54, 1.807) is 32.1 Å². The fourth-order valence-corrected chi connectivity index (χ4v) is 3.52. The quantitative estimate of drug-likeness (QED) is 0.628. The molecule has 1 aromatic carbocycles. The summed E-state index contributed by atoms with van der Waals surface area (Å²) in [5.74, 6) is -0.162. The van der Waals surface area contributed by atoms with Crippen LogP contribution in [-0.2, 0) is 14.3 Å². The van der Waals surface area contributed by atoms with E-state index < -0.39 is 5.97 Å². The van der Waals surface area contributed by atoms with Gasteiger partial charge in [-0.2, -0.15) is 0 Å². The van der Waals surface area contributed by atoms with E-state index in [0.29, 0.717) is 29.6 Å². The first-order valence-electron chi connectivity index (χ1n) is 9.46. The SMILES string of the molecule is CCOC(=O)C1=C(O)/C(=C/c2ccc(OCC)c(OCC)c2)SC1=NC(=O)CC. The second-order valence-corrected chi connectivity index (χ2v) is 6.82. The minimum atomic E-state index is -0.717. The number of hydrogen-bond acceptors (Lipinski definition) is 7. The lowest BCUT2D eigenvalue weighted by Gasteiger charge is -2.11. The van der Waals surface area contributed by atoms with Gasteiger partial charge in [0, 0.05) is 6.42 Å². The maximum Gasteiger partial charge on any atom is 0.344 e. The Kier molecular flexibility index (Phi) is 8.33. The zero-order chi connectivity index (χ0) is 21.4. The molecule has 1 N–H and O–H groups in total. The van der Waals surface area contributed by atoms with Gasteiger partial charge in [-0.1, -0.05) is 24.8 Å². The number of hydrogen-bond donors (Lipinski definition) is 1. The van der Waals surface area contributed by atoms with Crippen LogP contribution in [0, 0.1) is 0 Å². The standard InChI is InChI=1S/C21H25NO6S/c1-5-17(23)22-20-18(21(25)28-8-4)19(24)16(29-20)12-13-9-10-14(26-6-2)15(11-13)27-7-3/h9-12,24H,5-8H2,1-4H3/b16-12-,22-20?. The summed E-state index contributed by atoms with van der Waals surface area (Å²) >= 11 is 1.05. The van der Waals surface area contributed by atoms with Gasteiger partial charge in [0.1, 0.15) is 16.4 Å². The summed E-state index contributed by atoms with van der Waals surface area (Å²) in [6, 6.07) is 5.37. The third-order valence-electron chi connectivity index (χ3n) is 3.76. The Morgan fingerprint density at radius 1 is 1.07 bits per heavy atom. The topological polar surface area (TPSA) is 94.4 Å². The average Bonchev–Trinajstić information content (AvgIpc) is 2.99. The molecule has 0 saturated carbocycles. The van der Waals surface area contributed by atoms with Crippen LogP contribution in [0.3, 0.4) is 0 Å². The van der Waals surface area contributed by atoms with Crippen molar-refractivity contribution in [1.29, 1.82) is 0 Å². The molecule has 8 heteroatoms. The molecule has 0 fully saturated rings. The lowest BCUT2D eigenvalue weighted by Crippen LogP contribution is -2.14. The van der Waals surface area contributed by atoms with Gasteiger partial charge < -0.3 is 19.3 Å². The Morgan fingerprint density at radius 3 is 2.38 bits per heavy atom. The number of aliphatic hydroxyl groups is 1. The van der Waals surface area contributed by atoms with Crippen molar-refractivity contribution in [2.45, 2.75) is 34.1 Å². The first kappa shape index (κ1) is 22.5. The van der Waals surface area contributed by atoms with Crippen molar-refractivity contribution >= 4 is 34.8 Å². The van der Waals surface area contributed by atoms with Crippen molar-refractivity contribution in [2.24, 2.45) is 4.99 Å². The average molecular weight is 419 g/mol. The molecule has 1 aliphatic heterocycles. The molecule has 7 nitrogen and oxygen atoms in total. The van der Waals surface area contributed by atoms with E-state index in [9.17, 15) is 14.7 Å². The summed E-state index contributed by atoms with van der Waals surface area (Å²) in [7, 11) is 0. The summed E-state index contributed by atoms with van der Waals surface area (Å²) in [5, 5.41) is 10.8. The number of carbonyl (C=O) groups is 2. The van der Waals surface area contributed by atoms with Crippen molar-refractivity contribution in [2.75, 3.05) is 19.8 Å². The van der Waals surface area contributed by atoms with Crippen LogP contribution in [0.2, 0.25) is 0 Å². The Morgan fingerprint density at radius 2 is 1.76 bits per heavy atom. The second-order valence-electron chi connectivity index (χ2n) is 5.79. The van der Waals surface area contributed by atoms with E-state index in [2.05, 4.69) is 4.99 Å². The molecule has 1 aromatic rings. The molecule has 0 aliphatic carbocycles. The number of amides is 1. The highest BCUT2D eigenvalue weighted by molar-refractivity contribution is 8.18. The van der Waals surface area contributed by atoms with Crippen LogP contribution in [-0.4, -0.2) is 41.8 Å². The minimum Gasteiger partial charge on any atom is -0.506 e. The van der Waals surface area contributed by atoms with Crippen molar-refractivity contribution < 1.29 is 28.9 Å². The van der Waals surface area contributed by atoms with Crippen LogP contribution in [0.15, 0.2) is 39.4 Å². The van der Waals surface area contributed by atoms with E-state index in [4.69, 9.17) is 14.2 Å². The molecule has 0 saturated heterocycles. The van der Waals surface area contributed by atoms with Crippen molar-refractivity contribution in [3.05, 3.63) is 40.0 Å². The van der Waals surface area contributed by atoms with Crippen LogP contribution in [0.1, 0.15) is 39.7 Å². The number of rotatable bonds is 8. The van der Waals surface area contributed by atoms with Crippen LogP contribution in [0.4, 0.5) is 0 Å². The number of thioether (sulfide) groups is 1. The van der Waals surface area contributed by atoms with Crippen LogP contribution >= 0.6 is 11.8 Å². The number of ether oxygens (including phenoxy) is 3. The maximum atomic E-state index is 12.3. The van der Waals surface area contributed by atoms with E-state index in [1.807, 2.05) is 19.9 Å². The van der Waals surface area contributed by atoms with Crippen molar-refractivity contribution in [3.63, 3.8) is 0 Å². The molecular weight excluding hydrogens is 394 g/mol. The predicted octanol–water partition coefficient (Wildman–Crippen LogP) is 4.28. The Hall–Kier alpha value is -2.74. The third kappa shape index (κ3) is 5.63. The Bertz CT molecular complexity index is 872. The summed E-state index contributed by atoms with van der Waals surface area (Å²) < 4.78 is 16.2. The highest BCUT2D eigenvalue weighted by Gasteiger charge is 2.33. The van der Waals surface area contributed by atoms with E-state index in [1.165, 1.54) is 0 Å². The minimum absolute atomic E-state index is 0.0964. The Labute approximate surface area is 174 Å². The van der Waals surface area contributed by atoms with Crippen molar-refractivity contribution in [3.8, 4) is 11.5 Å². The predicted molar refractivity (Wildman–Crippen MR) is 113 cm³/mol. The number of carbonyl (C=O) groups excluding carboxylic acids is 2. The molecule has 0 unspecified atom stereocenters. The molecule has 0 spiro atoms. The summed E-state index contributed by atoms with van der Waals surface area (Å²) in [6.07, 6.45) is 1.88. The van der Waals surface area contributed by atoms with Gasteiger partial charge in [-0.05, 0) is 44.5 Å². The van der Waals surface area contributed by atoms with E-state index >= 15 is 0 Å². The maximum absolute atomic E-state index is 12.3. The van der Waals surface area contributed by atoms with Crippen molar-refractivity contribution in [1.82, 2.24) is 0 Å². The summed E-state index contributed by atoms with van der Waals surface area (Å²) in [6.45, 7) is 8.23. The van der Waals surface area contributed by atoms with E-state index in [0.717, 1.165) is 17.3 Å². The molecule has 0 radical (unpaired) electrons. The van der Waals surface area contributed by atoms with Gasteiger partial charge in [-0.15, -0.1) is 0 Å². The molecule has 1 amide bonds. The molecule has 2 rings (SSSR count). The largest absolute Gasteiger partial charge is 0.506 e. The molecule has 0 atom stereocenters. The summed E-state index contributed by atoms with van der Waals surface area (Å²) in [5.41, 5.74) is 0.637. The van der Waals surface area contributed by atoms with Crippen LogP contribution in [0.25, 0.3) is 6.08 Å². The van der Waals surface area contributed by atoms with Gasteiger partial charge in [0.15, 0.2) is 11.5 Å². The van der Waals surface area contributed by atoms with E-state index in [-0.39, 0.29) is 35.3 Å². The third-order valence-corrected chi connectivity index (χ3v) is 4.78. The molecular formula is C21H25NO6S. The fraction of sp³-hybridized carbons (Fsp3) is 0.381. The highest BCUT2D eigenvalue weighted by atomic mass is 32.2. The Balaban J connectivity index is 2.46. The number of nitrogens with zero attached hydrogens (tertiary/aromatic N) is 1. The van der Waals surface area contributed by atoms with Gasteiger partial charge in [-0.3, -0.25) is 4.79 Å². The fourth-order valence-electron chi connectivity index (χ4n) is 2.49. The zero-order valence-electron chi connectivity index (χ0n) is 17.0. The van der Waals surface area contributed by atoms with Crippen LogP contribution in [0.5, 0.6) is 11.5 Å². The van der Waals surface area contributed by atoms with Crippen LogP contribution < -0.4 is 9.47 Å². The van der Waals surface area contributed by atoms with Gasteiger partial charge >= 0.3 is 5.97 Å². The molecule has 1 aliphatic rings. The number of esters is 1. The molecule has 0 bridgehead atoms. The molecule has 156 valence electrons.